The number of aliphatic hydroxyl groups excluding tert-OH is 1. The van der Waals surface area contributed by atoms with Gasteiger partial charge in [-0.1, -0.05) is 386 Å². The first-order valence-electron chi connectivity index (χ1n) is 36.9. The number of unbranched alkanes of at least 4 members (excludes halogenated alkanes) is 57. The van der Waals surface area contributed by atoms with Crippen molar-refractivity contribution in [3.8, 4) is 0 Å². The van der Waals surface area contributed by atoms with E-state index in [1.54, 1.807) is 0 Å². The second kappa shape index (κ2) is 64.0. The van der Waals surface area contributed by atoms with Crippen LogP contribution in [0.25, 0.3) is 0 Å². The smallest absolute Gasteiger partial charge is 0.391 e. The summed E-state index contributed by atoms with van der Waals surface area (Å²) in [5, 5.41) is 14.2. The summed E-state index contributed by atoms with van der Waals surface area (Å²) in [4.78, 5) is 23.5. The van der Waals surface area contributed by atoms with Crippen LogP contribution < -0.4 is 5.32 Å². The first-order chi connectivity index (χ1) is 39.5. The van der Waals surface area contributed by atoms with Gasteiger partial charge in [-0.3, -0.25) is 13.8 Å². The monoisotopic (exact) mass is 1170 g/mol. The Morgan fingerprint density at radius 2 is 0.593 bits per heavy atom. The van der Waals surface area contributed by atoms with E-state index in [0.717, 1.165) is 38.5 Å². The molecule has 0 spiro atoms. The summed E-state index contributed by atoms with van der Waals surface area (Å²) in [7, 11) is 1.64. The average Bonchev–Trinajstić information content (AvgIpc) is 3.43. The Labute approximate surface area is 508 Å². The highest BCUT2D eigenvalue weighted by atomic mass is 31.2. The summed E-state index contributed by atoms with van der Waals surface area (Å²) in [6.07, 6.45) is 80.8. The van der Waals surface area contributed by atoms with Crippen LogP contribution >= 0.6 is 7.82 Å². The lowest BCUT2D eigenvalue weighted by atomic mass is 10.0. The molecule has 0 bridgehead atoms. The third kappa shape index (κ3) is 66.9. The largest absolute Gasteiger partial charge is 0.472 e. The number of carbonyl (C=O) groups excluding carboxylic acids is 1. The van der Waals surface area contributed by atoms with Crippen molar-refractivity contribution in [3.05, 3.63) is 0 Å². The number of nitrogens with zero attached hydrogens (tertiary/aromatic N) is 1. The summed E-state index contributed by atoms with van der Waals surface area (Å²) in [6.45, 7) is 4.97. The second-order valence-electron chi connectivity index (χ2n) is 27.0. The number of quaternary nitrogens is 1. The van der Waals surface area contributed by atoms with Gasteiger partial charge in [0.2, 0.25) is 5.91 Å². The number of hydrogen-bond donors (Lipinski definition) is 3. The predicted octanol–water partition coefficient (Wildman–Crippen LogP) is 23.5. The Morgan fingerprint density at radius 1 is 0.370 bits per heavy atom. The van der Waals surface area contributed by atoms with Crippen LogP contribution in [0, 0.1) is 0 Å². The van der Waals surface area contributed by atoms with Crippen LogP contribution in [0.5, 0.6) is 0 Å². The van der Waals surface area contributed by atoms with Crippen molar-refractivity contribution in [3.63, 3.8) is 0 Å². The quantitative estimate of drug-likeness (QED) is 0.0318. The maximum atomic E-state index is 13.1. The molecule has 81 heavy (non-hydrogen) atoms. The van der Waals surface area contributed by atoms with E-state index in [0.29, 0.717) is 23.9 Å². The molecular formula is C72H148N2O6P+. The summed E-state index contributed by atoms with van der Waals surface area (Å²) in [6, 6.07) is -0.757. The molecule has 1 amide bonds. The normalized spacial score (nSPS) is 13.5. The summed E-state index contributed by atoms with van der Waals surface area (Å²) >= 11 is 0. The molecule has 486 valence electrons. The fourth-order valence-corrected chi connectivity index (χ4v) is 12.6. The molecule has 0 aromatic rings. The van der Waals surface area contributed by atoms with Crippen molar-refractivity contribution in [1.82, 2.24) is 5.32 Å². The third-order valence-corrected chi connectivity index (χ3v) is 18.6. The minimum absolute atomic E-state index is 0.0796. The number of phosphoric ester groups is 1. The summed E-state index contributed by atoms with van der Waals surface area (Å²) in [5.74, 6) is -0.132. The van der Waals surface area contributed by atoms with Crippen LogP contribution in [0.4, 0.5) is 0 Å². The molecule has 3 unspecified atom stereocenters. The van der Waals surface area contributed by atoms with Gasteiger partial charge < -0.3 is 19.8 Å². The van der Waals surface area contributed by atoms with Gasteiger partial charge in [0.1, 0.15) is 13.2 Å². The van der Waals surface area contributed by atoms with E-state index in [4.69, 9.17) is 9.05 Å². The summed E-state index contributed by atoms with van der Waals surface area (Å²) < 4.78 is 23.9. The van der Waals surface area contributed by atoms with Crippen molar-refractivity contribution in [2.24, 2.45) is 0 Å². The van der Waals surface area contributed by atoms with Gasteiger partial charge >= 0.3 is 7.82 Å². The SMILES string of the molecule is CCCCCCCCCCCCCCCCCCCCCCCCCCCCCCCCCC(O)C(COP(=O)(O)OCC[N+](C)(C)C)NC(=O)CCCCCCCCCCCCCCCCCCCCCCCCCCCCCC. The van der Waals surface area contributed by atoms with Crippen molar-refractivity contribution in [2.45, 2.75) is 418 Å². The van der Waals surface area contributed by atoms with Gasteiger partial charge in [-0.25, -0.2) is 4.57 Å². The highest BCUT2D eigenvalue weighted by Crippen LogP contribution is 2.43. The van der Waals surface area contributed by atoms with Gasteiger partial charge in [0.05, 0.1) is 39.9 Å². The van der Waals surface area contributed by atoms with Crippen LogP contribution in [0.3, 0.4) is 0 Å². The zero-order valence-corrected chi connectivity index (χ0v) is 56.7. The molecule has 0 aliphatic rings. The van der Waals surface area contributed by atoms with E-state index in [9.17, 15) is 19.4 Å². The molecule has 0 aromatic heterocycles. The topological polar surface area (TPSA) is 105 Å². The van der Waals surface area contributed by atoms with Gasteiger partial charge in [0, 0.05) is 6.42 Å². The van der Waals surface area contributed by atoms with Crippen LogP contribution in [-0.2, 0) is 18.4 Å². The molecule has 0 rings (SSSR count). The molecule has 0 aliphatic heterocycles. The molecule has 0 heterocycles. The molecule has 8 nitrogen and oxygen atoms in total. The number of nitrogens with one attached hydrogen (secondary N) is 1. The average molecular weight is 1170 g/mol. The van der Waals surface area contributed by atoms with Crippen molar-refractivity contribution in [1.29, 1.82) is 0 Å². The number of rotatable bonds is 70. The van der Waals surface area contributed by atoms with E-state index in [1.807, 2.05) is 21.1 Å². The maximum Gasteiger partial charge on any atom is 0.472 e. The molecule has 9 heteroatoms. The lowest BCUT2D eigenvalue weighted by molar-refractivity contribution is -0.870. The second-order valence-corrected chi connectivity index (χ2v) is 28.5. The number of amides is 1. The lowest BCUT2D eigenvalue weighted by Crippen LogP contribution is -2.46. The number of aliphatic hydroxyl groups is 1. The Hall–Kier alpha value is -0.500. The van der Waals surface area contributed by atoms with Crippen LogP contribution in [0.1, 0.15) is 406 Å². The molecule has 0 fully saturated rings. The molecule has 0 aromatic carbocycles. The van der Waals surface area contributed by atoms with Crippen molar-refractivity contribution in [2.75, 3.05) is 40.9 Å². The highest BCUT2D eigenvalue weighted by molar-refractivity contribution is 7.47. The van der Waals surface area contributed by atoms with Crippen LogP contribution in [0.2, 0.25) is 0 Å². The Balaban J connectivity index is 3.95. The lowest BCUT2D eigenvalue weighted by Gasteiger charge is -2.26. The Kier molecular flexibility index (Phi) is 63.6. The maximum absolute atomic E-state index is 13.1. The van der Waals surface area contributed by atoms with E-state index < -0.39 is 20.0 Å². The number of carbonyl (C=O) groups is 1. The standard InChI is InChI=1S/C72H147N2O6P/c1-6-8-10-12-14-16-18-20-22-24-26-28-30-32-34-36-37-38-39-41-43-45-47-49-51-53-55-57-59-61-63-65-71(75)70(69-80-81(77,78)79-68-67-74(3,4)5)73-72(76)66-64-62-60-58-56-54-52-50-48-46-44-42-40-35-33-31-29-27-25-23-21-19-17-15-13-11-9-7-2/h70-71,75H,6-69H2,1-5H3,(H-,73,76,77,78)/p+1. The molecule has 0 radical (unpaired) electrons. The van der Waals surface area contributed by atoms with E-state index in [-0.39, 0.29) is 19.1 Å². The molecule has 0 saturated carbocycles. The molecule has 3 atom stereocenters. The van der Waals surface area contributed by atoms with Gasteiger partial charge in [-0.05, 0) is 12.8 Å². The zero-order valence-electron chi connectivity index (χ0n) is 55.8. The minimum Gasteiger partial charge on any atom is -0.391 e. The number of phosphoric acid groups is 1. The first-order valence-corrected chi connectivity index (χ1v) is 38.4. The van der Waals surface area contributed by atoms with Gasteiger partial charge in [0.25, 0.3) is 0 Å². The Bertz CT molecular complexity index is 1280. The third-order valence-electron chi connectivity index (χ3n) is 17.6. The molecule has 0 saturated heterocycles. The minimum atomic E-state index is -4.33. The predicted molar refractivity (Wildman–Crippen MR) is 356 cm³/mol. The van der Waals surface area contributed by atoms with Crippen molar-refractivity contribution < 1.29 is 32.9 Å². The van der Waals surface area contributed by atoms with E-state index in [1.165, 1.54) is 340 Å². The van der Waals surface area contributed by atoms with Gasteiger partial charge in [0.15, 0.2) is 0 Å². The summed E-state index contributed by atoms with van der Waals surface area (Å²) in [5.41, 5.74) is 0. The van der Waals surface area contributed by atoms with Gasteiger partial charge in [-0.15, -0.1) is 0 Å². The highest BCUT2D eigenvalue weighted by Gasteiger charge is 2.28. The van der Waals surface area contributed by atoms with Crippen LogP contribution in [0.15, 0.2) is 0 Å². The fourth-order valence-electron chi connectivity index (χ4n) is 11.9. The first kappa shape index (κ1) is 80.5. The number of hydrogen-bond acceptors (Lipinski definition) is 5. The van der Waals surface area contributed by atoms with Gasteiger partial charge in [-0.2, -0.15) is 0 Å². The molecule has 3 N–H and O–H groups in total. The van der Waals surface area contributed by atoms with E-state index >= 15 is 0 Å². The zero-order chi connectivity index (χ0) is 59.1. The van der Waals surface area contributed by atoms with E-state index in [2.05, 4.69) is 19.2 Å². The van der Waals surface area contributed by atoms with Crippen LogP contribution in [-0.4, -0.2) is 73.4 Å². The fraction of sp³-hybridized carbons (Fsp3) is 0.986. The molecule has 0 aliphatic carbocycles. The molecular weight excluding hydrogens is 1020 g/mol. The Morgan fingerprint density at radius 3 is 0.827 bits per heavy atom. The number of likely N-dealkylation sites (N-methyl/N-ethyl adjacent to an activating group) is 1. The van der Waals surface area contributed by atoms with Crippen molar-refractivity contribution >= 4 is 13.7 Å².